The fourth-order valence-electron chi connectivity index (χ4n) is 4.98. The molecule has 6 aromatic rings. The number of carbonyl (C=O) groups excluding carboxylic acids is 3. The molecule has 0 atom stereocenters. The highest BCUT2D eigenvalue weighted by atomic mass is 31.3. The van der Waals surface area contributed by atoms with E-state index in [0.29, 0.717) is 18.9 Å². The summed E-state index contributed by atoms with van der Waals surface area (Å²) in [6.07, 6.45) is 1.88. The summed E-state index contributed by atoms with van der Waals surface area (Å²) in [7, 11) is -12.9. The maximum absolute atomic E-state index is 12.4. The number of carbonyl (C=O) groups is 3. The lowest BCUT2D eigenvalue weighted by molar-refractivity contribution is 0.111. The minimum absolute atomic E-state index is 0.0726. The molecule has 0 amide bonds. The van der Waals surface area contributed by atoms with Crippen molar-refractivity contribution in [1.82, 2.24) is 0 Å². The molecular weight excluding hydrogens is 747 g/mol. The van der Waals surface area contributed by atoms with E-state index in [1.165, 1.54) is 0 Å². The van der Waals surface area contributed by atoms with Crippen molar-refractivity contribution in [3.8, 4) is 34.5 Å². The van der Waals surface area contributed by atoms with E-state index in [2.05, 4.69) is 0 Å². The van der Waals surface area contributed by atoms with Gasteiger partial charge in [-0.15, -0.1) is 0 Å². The third kappa shape index (κ3) is 8.38. The predicted octanol–water partition coefficient (Wildman–Crippen LogP) is 11.8. The number of benzene rings is 6. The van der Waals surface area contributed by atoms with Crippen molar-refractivity contribution >= 4 is 41.8 Å². The summed E-state index contributed by atoms with van der Waals surface area (Å²) in [5.41, 5.74) is 0.505. The molecule has 0 bridgehead atoms. The molecule has 54 heavy (non-hydrogen) atoms. The highest BCUT2D eigenvalue weighted by Crippen LogP contribution is 2.78. The molecule has 1 heterocycles. The van der Waals surface area contributed by atoms with Gasteiger partial charge in [0, 0.05) is 0 Å². The highest BCUT2D eigenvalue weighted by Gasteiger charge is 2.49. The number of hydrogen-bond acceptors (Lipinski definition) is 12. The van der Waals surface area contributed by atoms with E-state index in [-0.39, 0.29) is 51.2 Å². The first-order valence-corrected chi connectivity index (χ1v) is 20.9. The smallest absolute Gasteiger partial charge is 0.413 e. The second-order valence-electron chi connectivity index (χ2n) is 11.2. The Bertz CT molecular complexity index is 2180. The average molecular weight is 778 g/mol. The lowest BCUT2D eigenvalue weighted by Crippen LogP contribution is -2.12. The largest absolute Gasteiger partial charge is 0.460 e. The first kappa shape index (κ1) is 36.2. The minimum atomic E-state index is -4.29. The second-order valence-corrected chi connectivity index (χ2v) is 17.4. The maximum atomic E-state index is 12.4. The van der Waals surface area contributed by atoms with Crippen molar-refractivity contribution in [3.05, 3.63) is 180 Å². The van der Waals surface area contributed by atoms with Crippen LogP contribution >= 0.6 is 23.0 Å². The number of hydrogen-bond donors (Lipinski definition) is 0. The summed E-state index contributed by atoms with van der Waals surface area (Å²) >= 11 is 0. The van der Waals surface area contributed by atoms with Gasteiger partial charge in [-0.05, 0) is 72.8 Å². The first-order chi connectivity index (χ1) is 26.4. The summed E-state index contributed by atoms with van der Waals surface area (Å²) in [6, 6.07) is 45.4. The van der Waals surface area contributed by atoms with E-state index in [0.717, 1.165) is 0 Å². The Morgan fingerprint density at radius 2 is 0.556 bits per heavy atom. The molecule has 0 unspecified atom stereocenters. The van der Waals surface area contributed by atoms with Crippen molar-refractivity contribution in [2.45, 2.75) is 0 Å². The second kappa shape index (κ2) is 16.2. The van der Waals surface area contributed by atoms with E-state index in [4.69, 9.17) is 40.7 Å². The molecule has 1 aliphatic heterocycles. The highest BCUT2D eigenvalue weighted by molar-refractivity contribution is 7.79. The van der Waals surface area contributed by atoms with E-state index >= 15 is 0 Å². The van der Waals surface area contributed by atoms with Gasteiger partial charge >= 0.3 is 23.0 Å². The Morgan fingerprint density at radius 3 is 0.815 bits per heavy atom. The zero-order chi connectivity index (χ0) is 37.3. The zero-order valence-electron chi connectivity index (χ0n) is 28.2. The Labute approximate surface area is 311 Å². The predicted molar refractivity (Wildman–Crippen MR) is 207 cm³/mol. The topological polar surface area (TPSA) is 144 Å². The summed E-state index contributed by atoms with van der Waals surface area (Å²) in [5, 5.41) is 0. The van der Waals surface area contributed by atoms with Crippen molar-refractivity contribution in [1.29, 1.82) is 0 Å². The van der Waals surface area contributed by atoms with E-state index in [9.17, 15) is 14.4 Å². The van der Waals surface area contributed by atoms with Crippen LogP contribution in [0.25, 0.3) is 0 Å². The maximum Gasteiger partial charge on any atom is 0.460 e. The Hall–Kier alpha value is -6.18. The molecule has 0 saturated carbocycles. The molecular formula is C39H30N3O9P3. The Balaban J connectivity index is 1.62. The van der Waals surface area contributed by atoms with Crippen LogP contribution in [0.4, 0.5) is 0 Å². The minimum Gasteiger partial charge on any atom is -0.413 e. The van der Waals surface area contributed by atoms with Crippen LogP contribution in [0.15, 0.2) is 177 Å². The number of aldehydes is 3. The fraction of sp³-hybridized carbons (Fsp3) is 0. The van der Waals surface area contributed by atoms with Crippen molar-refractivity contribution in [2.75, 3.05) is 0 Å². The SMILES string of the molecule is O=Cc1ccccc1OP1(Oc2ccccc2)=NP(Oc2ccccc2)(Oc2ccccc2C=O)=NP(Oc2ccccc2)(Oc2ccccc2C=O)=N1. The lowest BCUT2D eigenvalue weighted by atomic mass is 10.2. The number of rotatable bonds is 15. The quantitative estimate of drug-likeness (QED) is 0.0735. The van der Waals surface area contributed by atoms with Crippen molar-refractivity contribution in [2.24, 2.45) is 13.5 Å². The standard InChI is InChI=1S/C39H30N3O9P3/c43-28-31-16-10-13-25-37(31)49-52(46-34-19-4-1-5-20-34)40-53(47-35-21-6-2-7-22-35,50-38-26-14-11-17-32(38)29-44)42-54(41-52,48-36-23-8-3-9-24-36)51-39-27-15-12-18-33(39)30-45/h1-30H. The first-order valence-electron chi connectivity index (χ1n) is 16.3. The van der Waals surface area contributed by atoms with Crippen LogP contribution in [0.2, 0.25) is 0 Å². The number of para-hydroxylation sites is 6. The van der Waals surface area contributed by atoms with Gasteiger partial charge in [0.05, 0.1) is 16.7 Å². The Morgan fingerprint density at radius 1 is 0.315 bits per heavy atom. The van der Waals surface area contributed by atoms with Gasteiger partial charge < -0.3 is 27.1 Å². The van der Waals surface area contributed by atoms with Gasteiger partial charge in [0.2, 0.25) is 0 Å². The van der Waals surface area contributed by atoms with Gasteiger partial charge in [-0.1, -0.05) is 105 Å². The third-order valence-electron chi connectivity index (χ3n) is 7.37. The van der Waals surface area contributed by atoms with E-state index in [1.807, 2.05) is 0 Å². The molecule has 0 aliphatic carbocycles. The molecule has 0 fully saturated rings. The Kier molecular flexibility index (Phi) is 10.9. The van der Waals surface area contributed by atoms with Crippen LogP contribution in [-0.4, -0.2) is 18.9 Å². The molecule has 1 aliphatic rings. The van der Waals surface area contributed by atoms with Crippen LogP contribution in [0.5, 0.6) is 34.5 Å². The van der Waals surface area contributed by atoms with Gasteiger partial charge in [0.15, 0.2) is 18.9 Å². The molecule has 270 valence electrons. The molecule has 7 rings (SSSR count). The normalized spacial score (nSPS) is 20.0. The van der Waals surface area contributed by atoms with Crippen LogP contribution in [0.3, 0.4) is 0 Å². The van der Waals surface area contributed by atoms with E-state index < -0.39 is 23.0 Å². The molecule has 0 aromatic heterocycles. The van der Waals surface area contributed by atoms with Crippen LogP contribution in [0.1, 0.15) is 31.1 Å². The average Bonchev–Trinajstić information content (AvgIpc) is 3.19. The van der Waals surface area contributed by atoms with Crippen molar-refractivity contribution < 1.29 is 41.5 Å². The van der Waals surface area contributed by atoms with Gasteiger partial charge in [-0.2, -0.15) is 0 Å². The van der Waals surface area contributed by atoms with E-state index in [1.54, 1.807) is 164 Å². The number of nitrogens with zero attached hydrogens (tertiary/aromatic N) is 3. The molecule has 15 heteroatoms. The molecule has 0 saturated heterocycles. The third-order valence-corrected chi connectivity index (χ3v) is 15.4. The zero-order valence-corrected chi connectivity index (χ0v) is 30.9. The monoisotopic (exact) mass is 777 g/mol. The van der Waals surface area contributed by atoms with Gasteiger partial charge in [-0.25, -0.2) is 0 Å². The van der Waals surface area contributed by atoms with Gasteiger partial charge in [0.25, 0.3) is 0 Å². The van der Waals surface area contributed by atoms with Crippen molar-refractivity contribution in [3.63, 3.8) is 0 Å². The fourth-order valence-corrected chi connectivity index (χ4v) is 14.1. The molecule has 0 spiro atoms. The molecule has 6 aromatic carbocycles. The summed E-state index contributed by atoms with van der Waals surface area (Å²) in [4.78, 5) is 37.1. The molecule has 12 nitrogen and oxygen atoms in total. The van der Waals surface area contributed by atoms with Gasteiger partial charge in [-0.3, -0.25) is 14.4 Å². The lowest BCUT2D eigenvalue weighted by Gasteiger charge is -2.33. The molecule has 0 N–H and O–H groups in total. The molecule has 0 radical (unpaired) electrons. The summed E-state index contributed by atoms with van der Waals surface area (Å²) in [5.74, 6) is 1.05. The van der Waals surface area contributed by atoms with Gasteiger partial charge in [0.1, 0.15) is 34.5 Å². The van der Waals surface area contributed by atoms with Crippen LogP contribution in [-0.2, 0) is 0 Å². The summed E-state index contributed by atoms with van der Waals surface area (Å²) < 4.78 is 55.4. The van der Waals surface area contributed by atoms with Crippen LogP contribution in [0, 0.1) is 0 Å². The summed E-state index contributed by atoms with van der Waals surface area (Å²) in [6.45, 7) is 0. The van der Waals surface area contributed by atoms with Crippen LogP contribution < -0.4 is 27.1 Å².